The Bertz CT molecular complexity index is 6140. The number of benzene rings is 7. The molecule has 7 aromatic carbocycles. The number of aromatic nitrogens is 4. The van der Waals surface area contributed by atoms with Crippen LogP contribution in [0.25, 0.3) is 0 Å². The number of halogens is 4. The van der Waals surface area contributed by atoms with Crippen molar-refractivity contribution in [3.8, 4) is 59.1 Å². The number of carbonyl (C=O) groups is 5. The van der Waals surface area contributed by atoms with Crippen LogP contribution in [0.4, 0.5) is 5.82 Å². The van der Waals surface area contributed by atoms with Crippen LogP contribution in [-0.4, -0.2) is 122 Å². The maximum absolute atomic E-state index is 13.3. The summed E-state index contributed by atoms with van der Waals surface area (Å²) in [7, 11) is 0. The van der Waals surface area contributed by atoms with Gasteiger partial charge in [0.25, 0.3) is 5.91 Å². The molecule has 1 aliphatic heterocycles. The summed E-state index contributed by atoms with van der Waals surface area (Å²) in [6, 6.07) is 65.4. The fraction of sp³-hybridized carbons (Fsp3) is 0.468. The lowest BCUT2D eigenvalue weighted by molar-refractivity contribution is -0.196. The molecule has 0 radical (unpaired) electrons. The van der Waals surface area contributed by atoms with Crippen molar-refractivity contribution in [1.29, 1.82) is 26.3 Å². The topological polar surface area (TPSA) is 321 Å². The van der Waals surface area contributed by atoms with Gasteiger partial charge >= 0.3 is 0 Å². The lowest BCUT2D eigenvalue weighted by atomic mass is 9.44. The first-order valence-electron chi connectivity index (χ1n) is 52.7. The number of nitrogens with zero attached hydrogens (tertiary/aromatic N) is 11. The minimum absolute atomic E-state index is 0.0179. The fourth-order valence-corrected chi connectivity index (χ4v) is 22.9. The summed E-state index contributed by atoms with van der Waals surface area (Å²) in [5, 5.41) is 58.0. The number of hydrogen-bond donors (Lipinski definition) is 1. The van der Waals surface area contributed by atoms with Gasteiger partial charge in [-0.05, 0) is 278 Å². The van der Waals surface area contributed by atoms with E-state index in [2.05, 4.69) is 197 Å². The van der Waals surface area contributed by atoms with E-state index in [1.807, 2.05) is 91.0 Å². The second kappa shape index (κ2) is 52.0. The van der Waals surface area contributed by atoms with Gasteiger partial charge in [0.1, 0.15) is 76.7 Å². The summed E-state index contributed by atoms with van der Waals surface area (Å²) >= 11 is 24.4. The second-order valence-corrected chi connectivity index (χ2v) is 47.0. The number of nitriles is 5. The molecule has 150 heavy (non-hydrogen) atoms. The smallest absolute Gasteiger partial charge is 0.251 e. The van der Waals surface area contributed by atoms with Gasteiger partial charge in [0.15, 0.2) is 23.1 Å². The number of amides is 1. The van der Waals surface area contributed by atoms with Crippen LogP contribution in [0.2, 0.25) is 20.1 Å². The molecule has 4 heterocycles. The first-order valence-corrected chi connectivity index (χ1v) is 54.2. The molecule has 26 heteroatoms. The Hall–Kier alpha value is -12.6. The Balaban J connectivity index is 0.000000167. The first kappa shape index (κ1) is 116. The van der Waals surface area contributed by atoms with Gasteiger partial charge in [0, 0.05) is 150 Å². The quantitative estimate of drug-likeness (QED) is 0.0426. The summed E-state index contributed by atoms with van der Waals surface area (Å²) in [4.78, 5) is 77.6. The summed E-state index contributed by atoms with van der Waals surface area (Å²) in [6.45, 7) is 44.7. The fourth-order valence-electron chi connectivity index (χ4n) is 22.0. The molecular weight excluding hydrogens is 1960 g/mol. The Morgan fingerprint density at radius 3 is 1.08 bits per heavy atom. The van der Waals surface area contributed by atoms with Gasteiger partial charge in [0.2, 0.25) is 0 Å². The summed E-state index contributed by atoms with van der Waals surface area (Å²) in [5.74, 6) is 7.82. The van der Waals surface area contributed by atoms with Gasteiger partial charge in [-0.2, -0.15) is 31.4 Å². The predicted octanol–water partition coefficient (Wildman–Crippen LogP) is 29.3. The summed E-state index contributed by atoms with van der Waals surface area (Å²) in [6.07, 6.45) is 17.1. The summed E-state index contributed by atoms with van der Waals surface area (Å²) < 4.78 is 30.7. The van der Waals surface area contributed by atoms with Gasteiger partial charge in [-0.25, -0.2) is 4.98 Å². The van der Waals surface area contributed by atoms with Crippen molar-refractivity contribution >= 4 is 81.3 Å². The number of nitrogens with one attached hydrogen (secondary N) is 1. The Morgan fingerprint density at radius 2 is 0.727 bits per heavy atom. The number of carbonyl (C=O) groups excluding carboxylic acids is 5. The van der Waals surface area contributed by atoms with Crippen molar-refractivity contribution in [2.45, 2.75) is 300 Å². The Labute approximate surface area is 907 Å². The molecule has 0 unspecified atom stereocenters. The van der Waals surface area contributed by atoms with E-state index in [9.17, 15) is 24.0 Å². The molecule has 1 N–H and O–H groups in total. The van der Waals surface area contributed by atoms with Gasteiger partial charge in [-0.3, -0.25) is 33.9 Å². The highest BCUT2D eigenvalue weighted by Crippen LogP contribution is 2.62. The number of hydrogen-bond acceptors (Lipinski definition) is 21. The van der Waals surface area contributed by atoms with Crippen LogP contribution in [-0.2, 0) is 0 Å². The van der Waals surface area contributed by atoms with Gasteiger partial charge in [-0.15, -0.1) is 5.10 Å². The first-order chi connectivity index (χ1) is 71.2. The van der Waals surface area contributed by atoms with Crippen LogP contribution in [0.3, 0.4) is 0 Å². The number of pyridine rings is 2. The zero-order chi connectivity index (χ0) is 109. The molecule has 5 aliphatic carbocycles. The van der Waals surface area contributed by atoms with E-state index in [0.29, 0.717) is 160 Å². The minimum Gasteiger partial charge on any atom is -0.490 e. The van der Waals surface area contributed by atoms with Crippen molar-refractivity contribution in [1.82, 2.24) is 30.4 Å². The van der Waals surface area contributed by atoms with Crippen LogP contribution in [0.5, 0.6) is 28.7 Å². The third-order valence-corrected chi connectivity index (χ3v) is 32.0. The highest BCUT2D eigenvalue weighted by atomic mass is 35.5. The highest BCUT2D eigenvalue weighted by molar-refractivity contribution is 6.33. The molecule has 0 spiro atoms. The van der Waals surface area contributed by atoms with Crippen molar-refractivity contribution in [3.05, 3.63) is 293 Å². The van der Waals surface area contributed by atoms with E-state index in [0.717, 1.165) is 132 Å². The zero-order valence-corrected chi connectivity index (χ0v) is 93.2. The van der Waals surface area contributed by atoms with Crippen LogP contribution in [0.1, 0.15) is 360 Å². The van der Waals surface area contributed by atoms with E-state index in [1.54, 1.807) is 103 Å². The maximum Gasteiger partial charge on any atom is 0.251 e. The SMILES string of the molecule is CC(C)c1ccc(C(=O)CC2CCC(Oc3ccc(C#N)c(Cl)c3)CC2)cc1.CC(C)c1ccc(C(=O)CC2CCC(Oc3ccc(C#N)c(Cl)c3)CC2)cn1.CC(C)c1ccc(C(=O)CC2CCC(Oc3ccc(C#N)c(Cl)c3)CC2)nn1.CC(C)c1ccc(C(=O)NC2C(C)(C)C(Oc3ccc(C#N)cc3)C2(C)C)cc1.CC1(C)C(CC(=O)c2ccc(N3CCN(C(C)(C)C)CC3)nc2)C(C)(C)C1Oc1ccc(C#N)c(Cl)c1. The second-order valence-electron chi connectivity index (χ2n) is 45.4. The molecule has 0 bridgehead atoms. The van der Waals surface area contributed by atoms with Crippen molar-refractivity contribution in [3.63, 3.8) is 0 Å². The number of ether oxygens (including phenoxy) is 5. The van der Waals surface area contributed by atoms with Crippen molar-refractivity contribution in [2.75, 3.05) is 31.1 Å². The number of ketones is 4. The molecule has 10 aromatic rings. The minimum atomic E-state index is -0.231. The molecule has 6 aliphatic rings. The number of piperazine rings is 1. The molecule has 5 saturated carbocycles. The monoisotopic (exact) mass is 2100 g/mol. The Morgan fingerprint density at radius 1 is 0.373 bits per heavy atom. The lowest BCUT2D eigenvalue weighted by Crippen LogP contribution is -2.74. The largest absolute Gasteiger partial charge is 0.490 e. The molecule has 3 aromatic heterocycles. The third kappa shape index (κ3) is 30.5. The number of Topliss-reactive ketones (excluding diaryl/α,β-unsaturated/α-hetero) is 4. The van der Waals surface area contributed by atoms with E-state index in [-0.39, 0.29) is 98.7 Å². The molecule has 788 valence electrons. The highest BCUT2D eigenvalue weighted by Gasteiger charge is 2.65. The van der Waals surface area contributed by atoms with Crippen molar-refractivity contribution in [2.24, 2.45) is 45.3 Å². The van der Waals surface area contributed by atoms with E-state index < -0.39 is 0 Å². The lowest BCUT2D eigenvalue weighted by Gasteiger charge is -2.63. The van der Waals surface area contributed by atoms with Gasteiger partial charge in [0.05, 0.1) is 78.0 Å². The van der Waals surface area contributed by atoms with Crippen LogP contribution in [0.15, 0.2) is 194 Å². The van der Waals surface area contributed by atoms with E-state index >= 15 is 0 Å². The molecule has 1 saturated heterocycles. The maximum atomic E-state index is 13.3. The summed E-state index contributed by atoms with van der Waals surface area (Å²) in [5.41, 5.74) is 9.39. The molecule has 1 amide bonds. The molecule has 22 nitrogen and oxygen atoms in total. The number of rotatable bonds is 29. The molecular formula is C124H144Cl4N12O10. The predicted molar refractivity (Wildman–Crippen MR) is 593 cm³/mol. The van der Waals surface area contributed by atoms with Crippen LogP contribution < -0.4 is 33.9 Å². The van der Waals surface area contributed by atoms with E-state index in [1.165, 1.54) is 11.1 Å². The van der Waals surface area contributed by atoms with E-state index in [4.69, 9.17) is 96.4 Å². The normalized spacial score (nSPS) is 20.7. The zero-order valence-electron chi connectivity index (χ0n) is 90.2. The van der Waals surface area contributed by atoms with Crippen molar-refractivity contribution < 1.29 is 47.7 Å². The van der Waals surface area contributed by atoms with Crippen LogP contribution in [0, 0.1) is 102 Å². The molecule has 0 atom stereocenters. The number of anilines is 1. The Kier molecular flexibility index (Phi) is 40.2. The third-order valence-electron chi connectivity index (χ3n) is 30.7. The van der Waals surface area contributed by atoms with Gasteiger partial charge < -0.3 is 33.9 Å². The molecule has 6 fully saturated rings. The molecule has 16 rings (SSSR count). The average Bonchev–Trinajstić information content (AvgIpc) is 0.708. The standard InChI is InChI=1S/C30H39ClN4O2.C25H30N2O2.C24H26ClNO2.C23H25ClN2O2.C22H24ClN3O2/c1-28(2,3)35-14-12-34(13-15-35)26-11-9-21(19-33-26)24(36)17-25-29(4,5)27(30(25,6)7)37-22-10-8-20(18-32)23(31)16-22;1-16(2)18-9-11-19(12-10-18)21(28)27-22-24(3,4)23(25(22,5)6)29-20-13-7-17(15-26)8-14-20;1-16(2)18-5-7-19(8-6-18)24(27)13-17-3-10-21(11-4-17)28-22-12-9-20(15-26)23(25)14-22;1-15(2)22-10-6-18(14-26-22)23(27)11-16-3-7-19(8-4-16)28-20-9-5-17(13-25)21(24)12-20;1-14(2)20-9-10-21(26-25-20)22(27)11-15-3-6-17(7-4-15)28-18-8-5-16(13-24)19(23)12-18/h8-11,16,19,25,27H,12-15,17H2,1-7H3;7-14,16,22-23H,1-6H3,(H,27,28);5-9,12,14,16-17,21H,3-4,10-11,13H2,1-2H3;5-6,9-10,12,14-16,19H,3-4,7-8,11H2,1-2H3;5,8-10,12,14-15,17H,3-4,6-7,11H2,1-2H3. The van der Waals surface area contributed by atoms with Crippen LogP contribution >= 0.6 is 46.4 Å². The van der Waals surface area contributed by atoms with Gasteiger partial charge in [-0.1, -0.05) is 194 Å². The average molecular weight is 2100 g/mol.